The maximum Gasteiger partial charge on any atom is 0.229 e. The lowest BCUT2D eigenvalue weighted by atomic mass is 10.1. The molecule has 0 radical (unpaired) electrons. The Morgan fingerprint density at radius 2 is 1.21 bits per heavy atom. The van der Waals surface area contributed by atoms with Crippen LogP contribution >= 0.6 is 0 Å². The molecule has 3 rings (SSSR count). The maximum absolute atomic E-state index is 15.2. The van der Waals surface area contributed by atoms with E-state index in [9.17, 15) is 0 Å². The normalized spacial score (nSPS) is 12.5. The van der Waals surface area contributed by atoms with Gasteiger partial charge in [-0.25, -0.2) is 4.39 Å². The molecule has 0 bridgehead atoms. The monoisotopic (exact) mass is 452 g/mol. The van der Waals surface area contributed by atoms with Crippen molar-refractivity contribution in [2.75, 3.05) is 13.2 Å². The van der Waals surface area contributed by atoms with Gasteiger partial charge in [0.2, 0.25) is 12.6 Å². The van der Waals surface area contributed by atoms with Crippen molar-refractivity contribution in [2.24, 2.45) is 11.5 Å². The number of benzene rings is 3. The highest BCUT2D eigenvalue weighted by molar-refractivity contribution is 5.78. The molecule has 3 aromatic carbocycles. The summed E-state index contributed by atoms with van der Waals surface area (Å²) in [6, 6.07) is 22.0. The van der Waals surface area contributed by atoms with Gasteiger partial charge in [-0.05, 0) is 36.4 Å². The molecule has 3 aromatic rings. The van der Waals surface area contributed by atoms with E-state index < -0.39 is 18.4 Å². The lowest BCUT2D eigenvalue weighted by Crippen LogP contribution is -2.23. The predicted molar refractivity (Wildman–Crippen MR) is 122 cm³/mol. The van der Waals surface area contributed by atoms with Crippen LogP contribution < -0.4 is 20.9 Å². The average Bonchev–Trinajstić information content (AvgIpc) is 2.80. The second-order valence-electron chi connectivity index (χ2n) is 6.98. The molecule has 0 amide bonds. The van der Waals surface area contributed by atoms with Crippen LogP contribution in [-0.2, 0) is 9.47 Å². The number of halogens is 1. The molecule has 0 spiro atoms. The molecule has 2 atom stereocenters. The third-order valence-electron chi connectivity index (χ3n) is 4.30. The SMILES string of the molecule is N=C(N)COC(Oc1ccccc1)c1ccc(C(OCC(=N)N)Oc2ccccc2)c(F)c1. The summed E-state index contributed by atoms with van der Waals surface area (Å²) in [6.07, 6.45) is -2.15. The molecule has 33 heavy (non-hydrogen) atoms. The quantitative estimate of drug-likeness (QED) is 0.187. The molecule has 0 saturated carbocycles. The van der Waals surface area contributed by atoms with Gasteiger partial charge in [0.1, 0.15) is 42.2 Å². The van der Waals surface area contributed by atoms with Crippen molar-refractivity contribution in [2.45, 2.75) is 12.6 Å². The highest BCUT2D eigenvalue weighted by atomic mass is 19.1. The fourth-order valence-electron chi connectivity index (χ4n) is 2.84. The Labute approximate surface area is 190 Å². The van der Waals surface area contributed by atoms with Gasteiger partial charge in [-0.2, -0.15) is 0 Å². The van der Waals surface area contributed by atoms with E-state index in [1.165, 1.54) is 12.1 Å². The third kappa shape index (κ3) is 7.30. The third-order valence-corrected chi connectivity index (χ3v) is 4.30. The van der Waals surface area contributed by atoms with Gasteiger partial charge in [0.15, 0.2) is 0 Å². The van der Waals surface area contributed by atoms with Gasteiger partial charge in [-0.15, -0.1) is 0 Å². The number of amidine groups is 2. The zero-order valence-corrected chi connectivity index (χ0v) is 17.7. The average molecular weight is 452 g/mol. The summed E-state index contributed by atoms with van der Waals surface area (Å²) in [5.74, 6) is -0.0781. The van der Waals surface area contributed by atoms with Crippen LogP contribution in [0, 0.1) is 16.6 Å². The van der Waals surface area contributed by atoms with Crippen LogP contribution in [0.2, 0.25) is 0 Å². The van der Waals surface area contributed by atoms with Crippen molar-refractivity contribution < 1.29 is 23.3 Å². The van der Waals surface area contributed by atoms with E-state index in [0.717, 1.165) is 0 Å². The fraction of sp³-hybridized carbons (Fsp3) is 0.167. The summed E-state index contributed by atoms with van der Waals surface area (Å²) >= 11 is 0. The van der Waals surface area contributed by atoms with E-state index in [-0.39, 0.29) is 30.4 Å². The smallest absolute Gasteiger partial charge is 0.229 e. The highest BCUT2D eigenvalue weighted by Gasteiger charge is 2.22. The van der Waals surface area contributed by atoms with Crippen LogP contribution in [0.1, 0.15) is 23.7 Å². The summed E-state index contributed by atoms with van der Waals surface area (Å²) in [4.78, 5) is 0. The van der Waals surface area contributed by atoms with Crippen LogP contribution in [0.4, 0.5) is 4.39 Å². The number of nitrogens with two attached hydrogens (primary N) is 2. The van der Waals surface area contributed by atoms with Crippen molar-refractivity contribution in [3.8, 4) is 11.5 Å². The largest absolute Gasteiger partial charge is 0.461 e. The molecule has 0 saturated heterocycles. The standard InChI is InChI=1S/C24H25FN4O4/c25-20-13-16(23(30-14-21(26)27)32-17-7-3-1-4-8-17)11-12-19(20)24(31-15-22(28)29)33-18-9-5-2-6-10-18/h1-13,23-24H,14-15H2,(H3,26,27)(H3,28,29). The minimum atomic E-state index is -1.14. The van der Waals surface area contributed by atoms with Gasteiger partial charge in [0.25, 0.3) is 0 Å². The molecule has 6 N–H and O–H groups in total. The molecular weight excluding hydrogens is 427 g/mol. The summed E-state index contributed by atoms with van der Waals surface area (Å²) in [5, 5.41) is 14.8. The first-order valence-electron chi connectivity index (χ1n) is 10.0. The second kappa shape index (κ2) is 11.6. The number of ether oxygens (including phenoxy) is 4. The Morgan fingerprint density at radius 1 is 0.727 bits per heavy atom. The van der Waals surface area contributed by atoms with Crippen molar-refractivity contribution >= 4 is 11.7 Å². The Morgan fingerprint density at radius 3 is 1.70 bits per heavy atom. The zero-order chi connectivity index (χ0) is 23.6. The van der Waals surface area contributed by atoms with Crippen molar-refractivity contribution in [1.82, 2.24) is 0 Å². The van der Waals surface area contributed by atoms with E-state index >= 15 is 4.39 Å². The van der Waals surface area contributed by atoms with Crippen LogP contribution in [0.15, 0.2) is 78.9 Å². The van der Waals surface area contributed by atoms with Crippen LogP contribution in [0.3, 0.4) is 0 Å². The summed E-state index contributed by atoms with van der Waals surface area (Å²) in [6.45, 7) is -0.428. The Bertz CT molecular complexity index is 1070. The number of nitrogens with one attached hydrogen (secondary N) is 2. The van der Waals surface area contributed by atoms with E-state index in [1.807, 2.05) is 12.1 Å². The van der Waals surface area contributed by atoms with E-state index in [4.69, 9.17) is 41.2 Å². The molecule has 0 fully saturated rings. The predicted octanol–water partition coefficient (Wildman–Crippen LogP) is 3.89. The van der Waals surface area contributed by atoms with Gasteiger partial charge >= 0.3 is 0 Å². The molecule has 9 heteroatoms. The highest BCUT2D eigenvalue weighted by Crippen LogP contribution is 2.29. The van der Waals surface area contributed by atoms with E-state index in [1.54, 1.807) is 54.6 Å². The maximum atomic E-state index is 15.2. The second-order valence-corrected chi connectivity index (χ2v) is 6.98. The summed E-state index contributed by atoms with van der Waals surface area (Å²) in [5.41, 5.74) is 11.3. The van der Waals surface area contributed by atoms with Gasteiger partial charge in [0, 0.05) is 5.56 Å². The van der Waals surface area contributed by atoms with Crippen molar-refractivity contribution in [3.63, 3.8) is 0 Å². The zero-order valence-electron chi connectivity index (χ0n) is 17.7. The first-order chi connectivity index (χ1) is 15.9. The Kier molecular flexibility index (Phi) is 8.34. The molecule has 2 unspecified atom stereocenters. The van der Waals surface area contributed by atoms with Gasteiger partial charge in [0.05, 0.1) is 5.56 Å². The molecule has 172 valence electrons. The molecule has 8 nitrogen and oxygen atoms in total. The van der Waals surface area contributed by atoms with Crippen LogP contribution in [0.5, 0.6) is 11.5 Å². The first-order valence-corrected chi connectivity index (χ1v) is 10.0. The molecule has 0 aromatic heterocycles. The number of hydrogen-bond acceptors (Lipinski definition) is 6. The molecule has 0 heterocycles. The molecule has 0 aliphatic heterocycles. The van der Waals surface area contributed by atoms with E-state index in [0.29, 0.717) is 17.1 Å². The molecule has 0 aliphatic rings. The van der Waals surface area contributed by atoms with Crippen molar-refractivity contribution in [3.05, 3.63) is 95.8 Å². The molecular formula is C24H25FN4O4. The van der Waals surface area contributed by atoms with Crippen LogP contribution in [0.25, 0.3) is 0 Å². The number of rotatable bonds is 12. The Hall–Kier alpha value is -3.95. The van der Waals surface area contributed by atoms with Gasteiger partial charge in [-0.3, -0.25) is 10.8 Å². The fourth-order valence-corrected chi connectivity index (χ4v) is 2.84. The number of para-hydroxylation sites is 2. The number of hydrogen-bond donors (Lipinski definition) is 4. The summed E-state index contributed by atoms with van der Waals surface area (Å²) in [7, 11) is 0. The lowest BCUT2D eigenvalue weighted by molar-refractivity contribution is -0.0729. The van der Waals surface area contributed by atoms with E-state index in [2.05, 4.69) is 0 Å². The Balaban J connectivity index is 1.86. The lowest BCUT2D eigenvalue weighted by Gasteiger charge is -2.23. The topological polar surface area (TPSA) is 137 Å². The van der Waals surface area contributed by atoms with Crippen LogP contribution in [-0.4, -0.2) is 24.9 Å². The van der Waals surface area contributed by atoms with Crippen molar-refractivity contribution in [1.29, 1.82) is 10.8 Å². The molecule has 0 aliphatic carbocycles. The minimum absolute atomic E-state index is 0.105. The first kappa shape index (κ1) is 23.7. The van der Waals surface area contributed by atoms with Gasteiger partial charge < -0.3 is 30.4 Å². The van der Waals surface area contributed by atoms with Gasteiger partial charge in [-0.1, -0.05) is 42.5 Å². The minimum Gasteiger partial charge on any atom is -0.461 e. The summed E-state index contributed by atoms with van der Waals surface area (Å²) < 4.78 is 37.9.